The smallest absolute Gasteiger partial charge is 0.324 e. The predicted octanol–water partition coefficient (Wildman–Crippen LogP) is 0.500. The van der Waals surface area contributed by atoms with Crippen LogP contribution in [0, 0.1) is 0 Å². The van der Waals surface area contributed by atoms with Gasteiger partial charge in [0.2, 0.25) is 0 Å². The molecule has 0 saturated carbocycles. The van der Waals surface area contributed by atoms with Crippen molar-refractivity contribution in [3.8, 4) is 0 Å². The van der Waals surface area contributed by atoms with Crippen molar-refractivity contribution in [3.05, 3.63) is 12.4 Å². The Morgan fingerprint density at radius 1 is 1.40 bits per heavy atom. The summed E-state index contributed by atoms with van der Waals surface area (Å²) in [5, 5.41) is 7.30. The lowest BCUT2D eigenvalue weighted by atomic mass is 10.1. The zero-order chi connectivity index (χ0) is 17.4. The number of ether oxygens (including phenoxy) is 1. The summed E-state index contributed by atoms with van der Waals surface area (Å²) in [6, 6.07) is 0.122. The lowest BCUT2D eigenvalue weighted by Gasteiger charge is -2.39. The van der Waals surface area contributed by atoms with Crippen LogP contribution < -0.4 is 10.2 Å². The van der Waals surface area contributed by atoms with E-state index < -0.39 is 0 Å². The molecule has 0 bridgehead atoms. The molecule has 1 atom stereocenters. The molecule has 3 aliphatic heterocycles. The van der Waals surface area contributed by atoms with Crippen molar-refractivity contribution in [2.45, 2.75) is 25.0 Å². The van der Waals surface area contributed by atoms with Gasteiger partial charge in [-0.05, 0) is 12.8 Å². The largest absolute Gasteiger partial charge is 0.376 e. The summed E-state index contributed by atoms with van der Waals surface area (Å²) in [5.74, 6) is 0. The lowest BCUT2D eigenvalue weighted by Crippen LogP contribution is -2.55. The maximum absolute atomic E-state index is 12.1. The fourth-order valence-corrected chi connectivity index (χ4v) is 3.46. The highest BCUT2D eigenvalue weighted by Crippen LogP contribution is 2.25. The summed E-state index contributed by atoms with van der Waals surface area (Å²) in [6.45, 7) is 4.05. The number of anilines is 1. The van der Waals surface area contributed by atoms with Gasteiger partial charge in [-0.25, -0.2) is 9.59 Å². The Morgan fingerprint density at radius 3 is 2.92 bits per heavy atom. The van der Waals surface area contributed by atoms with Crippen molar-refractivity contribution in [1.82, 2.24) is 24.9 Å². The number of nitrogens with zero attached hydrogens (tertiary/aromatic N) is 5. The van der Waals surface area contributed by atoms with Crippen LogP contribution in [0.1, 0.15) is 18.9 Å². The number of hydrogen-bond acceptors (Lipinski definition) is 4. The molecule has 0 aliphatic carbocycles. The second-order valence-corrected chi connectivity index (χ2v) is 6.91. The number of likely N-dealkylation sites (tertiary alicyclic amines) is 1. The van der Waals surface area contributed by atoms with E-state index in [0.717, 1.165) is 31.7 Å². The maximum atomic E-state index is 12.1. The van der Waals surface area contributed by atoms with Crippen molar-refractivity contribution in [2.24, 2.45) is 0 Å². The van der Waals surface area contributed by atoms with Gasteiger partial charge >= 0.3 is 12.1 Å². The van der Waals surface area contributed by atoms with Gasteiger partial charge in [0.15, 0.2) is 0 Å². The monoisotopic (exact) mass is 348 g/mol. The number of urea groups is 2. The first kappa shape index (κ1) is 16.2. The van der Waals surface area contributed by atoms with Crippen LogP contribution in [-0.2, 0) is 4.74 Å². The number of amides is 4. The molecule has 1 unspecified atom stereocenters. The number of carbonyl (C=O) groups excluding carboxylic acids is 2. The minimum Gasteiger partial charge on any atom is -0.376 e. The van der Waals surface area contributed by atoms with Gasteiger partial charge in [-0.15, -0.1) is 0 Å². The van der Waals surface area contributed by atoms with E-state index in [2.05, 4.69) is 10.4 Å². The van der Waals surface area contributed by atoms with Crippen LogP contribution in [0.4, 0.5) is 15.3 Å². The van der Waals surface area contributed by atoms with E-state index in [1.807, 2.05) is 10.9 Å². The van der Waals surface area contributed by atoms with E-state index in [1.54, 1.807) is 27.9 Å². The second-order valence-electron chi connectivity index (χ2n) is 6.91. The Bertz CT molecular complexity index is 650. The molecule has 0 radical (unpaired) electrons. The number of carbonyl (C=O) groups is 2. The van der Waals surface area contributed by atoms with Gasteiger partial charge in [-0.2, -0.15) is 5.10 Å². The van der Waals surface area contributed by atoms with Crippen molar-refractivity contribution in [1.29, 1.82) is 0 Å². The topological polar surface area (TPSA) is 82.9 Å². The maximum Gasteiger partial charge on any atom is 0.324 e. The van der Waals surface area contributed by atoms with E-state index in [0.29, 0.717) is 26.2 Å². The van der Waals surface area contributed by atoms with E-state index in [1.165, 1.54) is 0 Å². The Balaban J connectivity index is 1.26. The van der Waals surface area contributed by atoms with Crippen molar-refractivity contribution in [2.75, 3.05) is 51.3 Å². The zero-order valence-corrected chi connectivity index (χ0v) is 14.4. The summed E-state index contributed by atoms with van der Waals surface area (Å²) in [4.78, 5) is 29.4. The minimum atomic E-state index is -0.0459. The molecule has 4 rings (SSSR count). The molecule has 4 amide bonds. The molecule has 3 aliphatic rings. The van der Waals surface area contributed by atoms with E-state index in [4.69, 9.17) is 4.74 Å². The molecular weight excluding hydrogens is 324 g/mol. The molecule has 1 aromatic rings. The molecule has 4 heterocycles. The van der Waals surface area contributed by atoms with Crippen molar-refractivity contribution < 1.29 is 14.3 Å². The number of likely N-dealkylation sites (N-methyl/N-ethyl adjacent to an activating group) is 1. The molecule has 1 aromatic heterocycles. The molecule has 136 valence electrons. The van der Waals surface area contributed by atoms with Gasteiger partial charge in [0.1, 0.15) is 0 Å². The van der Waals surface area contributed by atoms with Gasteiger partial charge < -0.3 is 19.9 Å². The fraction of sp³-hybridized carbons (Fsp3) is 0.688. The van der Waals surface area contributed by atoms with Crippen LogP contribution in [-0.4, -0.2) is 84.1 Å². The SMILES string of the molecule is CN1CCN(c2cnn(C3CN(C(=O)NCC4CCCO4)C3)c2)C1=O. The van der Waals surface area contributed by atoms with E-state index >= 15 is 0 Å². The van der Waals surface area contributed by atoms with Crippen molar-refractivity contribution in [3.63, 3.8) is 0 Å². The Morgan fingerprint density at radius 2 is 2.24 bits per heavy atom. The summed E-state index contributed by atoms with van der Waals surface area (Å²) < 4.78 is 7.36. The third-order valence-electron chi connectivity index (χ3n) is 5.14. The van der Waals surface area contributed by atoms with Crippen LogP contribution in [0.2, 0.25) is 0 Å². The summed E-state index contributed by atoms with van der Waals surface area (Å²) >= 11 is 0. The van der Waals surface area contributed by atoms with Crippen LogP contribution in [0.3, 0.4) is 0 Å². The van der Waals surface area contributed by atoms with Gasteiger partial charge in [-0.1, -0.05) is 0 Å². The third-order valence-corrected chi connectivity index (χ3v) is 5.14. The average molecular weight is 348 g/mol. The Hall–Kier alpha value is -2.29. The number of nitrogens with one attached hydrogen (secondary N) is 1. The Labute approximate surface area is 146 Å². The first-order chi connectivity index (χ1) is 12.1. The van der Waals surface area contributed by atoms with Gasteiger partial charge in [0.25, 0.3) is 0 Å². The van der Waals surface area contributed by atoms with Gasteiger partial charge in [0.05, 0.1) is 24.0 Å². The molecule has 3 saturated heterocycles. The third kappa shape index (κ3) is 3.15. The predicted molar refractivity (Wildman–Crippen MR) is 90.6 cm³/mol. The molecule has 9 nitrogen and oxygen atoms in total. The summed E-state index contributed by atoms with van der Waals surface area (Å²) in [7, 11) is 1.80. The minimum absolute atomic E-state index is 0.00305. The summed E-state index contributed by atoms with van der Waals surface area (Å²) in [5.41, 5.74) is 0.815. The first-order valence-electron chi connectivity index (χ1n) is 8.83. The highest BCUT2D eigenvalue weighted by atomic mass is 16.5. The molecular formula is C16H24N6O3. The highest BCUT2D eigenvalue weighted by Gasteiger charge is 2.34. The van der Waals surface area contributed by atoms with Crippen LogP contribution in [0.25, 0.3) is 0 Å². The highest BCUT2D eigenvalue weighted by molar-refractivity contribution is 5.93. The normalized spacial score (nSPS) is 24.1. The molecule has 0 aromatic carbocycles. The van der Waals surface area contributed by atoms with Gasteiger partial charge in [0, 0.05) is 52.6 Å². The molecule has 9 heteroatoms. The van der Waals surface area contributed by atoms with Crippen LogP contribution in [0.5, 0.6) is 0 Å². The van der Waals surface area contributed by atoms with Crippen molar-refractivity contribution >= 4 is 17.7 Å². The average Bonchev–Trinajstić information content (AvgIpc) is 3.28. The molecule has 25 heavy (non-hydrogen) atoms. The Kier molecular flexibility index (Phi) is 4.24. The molecule has 0 spiro atoms. The van der Waals surface area contributed by atoms with Gasteiger partial charge in [-0.3, -0.25) is 9.58 Å². The number of aromatic nitrogens is 2. The summed E-state index contributed by atoms with van der Waals surface area (Å²) in [6.07, 6.45) is 5.86. The fourth-order valence-electron chi connectivity index (χ4n) is 3.46. The zero-order valence-electron chi connectivity index (χ0n) is 14.4. The molecule has 1 N–H and O–H groups in total. The van der Waals surface area contributed by atoms with E-state index in [-0.39, 0.29) is 24.2 Å². The van der Waals surface area contributed by atoms with E-state index in [9.17, 15) is 9.59 Å². The lowest BCUT2D eigenvalue weighted by molar-refractivity contribution is 0.0965. The standard InChI is InChI=1S/C16H24N6O3/c1-19-4-5-21(16(19)24)12-7-18-22(11-12)13-9-20(10-13)15(23)17-8-14-3-2-6-25-14/h7,11,13-14H,2-6,8-10H2,1H3,(H,17,23). The second kappa shape index (κ2) is 6.55. The van der Waals surface area contributed by atoms with Crippen LogP contribution in [0.15, 0.2) is 12.4 Å². The molecule has 3 fully saturated rings. The van der Waals surface area contributed by atoms with Crippen LogP contribution >= 0.6 is 0 Å². The first-order valence-corrected chi connectivity index (χ1v) is 8.83. The quantitative estimate of drug-likeness (QED) is 0.859. The number of hydrogen-bond donors (Lipinski definition) is 1. The number of rotatable bonds is 4.